The van der Waals surface area contributed by atoms with Gasteiger partial charge in [0, 0.05) is 0 Å². The molecule has 0 spiro atoms. The summed E-state index contributed by atoms with van der Waals surface area (Å²) in [5, 5.41) is 13.4. The summed E-state index contributed by atoms with van der Waals surface area (Å²) in [5.74, 6) is -1.65. The zero-order valence-electron chi connectivity index (χ0n) is 13.5. The number of hydrogen-bond donors (Lipinski definition) is 0. The Kier molecular flexibility index (Phi) is 6.84. The van der Waals surface area contributed by atoms with E-state index in [1.807, 2.05) is 6.07 Å². The number of nitrogens with zero attached hydrogens (tertiary/aromatic N) is 2. The highest BCUT2D eigenvalue weighted by Gasteiger charge is 2.51. The van der Waals surface area contributed by atoms with Gasteiger partial charge < -0.3 is 4.84 Å². The molecule has 1 atom stereocenters. The van der Waals surface area contributed by atoms with Crippen molar-refractivity contribution in [1.82, 2.24) is 0 Å². The van der Waals surface area contributed by atoms with Crippen LogP contribution in [0.4, 0.5) is 13.2 Å². The van der Waals surface area contributed by atoms with Gasteiger partial charge in [-0.2, -0.15) is 18.4 Å². The first-order valence-corrected chi connectivity index (χ1v) is 9.17. The summed E-state index contributed by atoms with van der Waals surface area (Å²) in [5.41, 5.74) is 0.756. The van der Waals surface area contributed by atoms with Crippen LogP contribution in [0, 0.1) is 17.2 Å². The Morgan fingerprint density at radius 2 is 2.00 bits per heavy atom. The highest BCUT2D eigenvalue weighted by atomic mass is 32.2. The predicted octanol–water partition coefficient (Wildman–Crippen LogP) is 3.38. The Balaban J connectivity index is 3.09. The van der Waals surface area contributed by atoms with E-state index in [2.05, 4.69) is 16.6 Å². The van der Waals surface area contributed by atoms with Crippen LogP contribution >= 0.6 is 0 Å². The van der Waals surface area contributed by atoms with Gasteiger partial charge in [-0.15, -0.1) is 6.58 Å². The van der Waals surface area contributed by atoms with Crippen molar-refractivity contribution in [3.8, 4) is 6.07 Å². The van der Waals surface area contributed by atoms with E-state index in [9.17, 15) is 26.9 Å². The van der Waals surface area contributed by atoms with Crippen molar-refractivity contribution in [3.05, 3.63) is 12.7 Å². The van der Waals surface area contributed by atoms with E-state index < -0.39 is 38.9 Å². The minimum Gasteiger partial charge on any atom is -0.399 e. The first kappa shape index (κ1) is 20.5. The first-order valence-electron chi connectivity index (χ1n) is 7.52. The number of allylic oxidation sites excluding steroid dienone is 1. The van der Waals surface area contributed by atoms with Crippen molar-refractivity contribution in [2.75, 3.05) is 12.9 Å². The van der Waals surface area contributed by atoms with Gasteiger partial charge in [0.05, 0.1) is 24.0 Å². The maximum atomic E-state index is 12.6. The standard InChI is InChI=1S/C15H21F3N2O3S/c1-3-8-14(11-19,24(21,22)10-9-15(16,17)18)12-4-6-13(7-5-12)20-23-2/h3,12H,1,4-10H2,2H3. The summed E-state index contributed by atoms with van der Waals surface area (Å²) in [6, 6.07) is 1.81. The average Bonchev–Trinajstić information content (AvgIpc) is 2.51. The second kappa shape index (κ2) is 8.01. The monoisotopic (exact) mass is 366 g/mol. The number of hydrogen-bond acceptors (Lipinski definition) is 5. The van der Waals surface area contributed by atoms with E-state index >= 15 is 0 Å². The van der Waals surface area contributed by atoms with Crippen LogP contribution in [-0.4, -0.2) is 37.9 Å². The number of alkyl halides is 3. The summed E-state index contributed by atoms with van der Waals surface area (Å²) in [6.07, 6.45) is -3.34. The Bertz CT molecular complexity index is 613. The van der Waals surface area contributed by atoms with E-state index in [0.29, 0.717) is 25.7 Å². The molecule has 1 fully saturated rings. The Morgan fingerprint density at radius 1 is 1.42 bits per heavy atom. The van der Waals surface area contributed by atoms with Crippen molar-refractivity contribution in [2.45, 2.75) is 49.4 Å². The van der Waals surface area contributed by atoms with E-state index in [1.54, 1.807) is 0 Å². The van der Waals surface area contributed by atoms with Crippen molar-refractivity contribution < 1.29 is 26.4 Å². The third-order valence-electron chi connectivity index (χ3n) is 4.29. The van der Waals surface area contributed by atoms with Crippen molar-refractivity contribution in [3.63, 3.8) is 0 Å². The van der Waals surface area contributed by atoms with Crippen molar-refractivity contribution in [1.29, 1.82) is 5.26 Å². The number of sulfone groups is 1. The zero-order chi connectivity index (χ0) is 18.4. The molecule has 0 N–H and O–H groups in total. The van der Waals surface area contributed by atoms with E-state index in [1.165, 1.54) is 13.2 Å². The fourth-order valence-corrected chi connectivity index (χ4v) is 5.16. The quantitative estimate of drug-likeness (QED) is 0.511. The molecule has 0 aromatic rings. The molecule has 5 nitrogen and oxygen atoms in total. The summed E-state index contributed by atoms with van der Waals surface area (Å²) < 4.78 is 60.7. The summed E-state index contributed by atoms with van der Waals surface area (Å²) >= 11 is 0. The van der Waals surface area contributed by atoms with Crippen LogP contribution in [0.15, 0.2) is 17.8 Å². The molecule has 9 heteroatoms. The second-order valence-corrected chi connectivity index (χ2v) is 8.16. The fourth-order valence-electron chi connectivity index (χ4n) is 3.04. The summed E-state index contributed by atoms with van der Waals surface area (Å²) in [4.78, 5) is 4.68. The molecule has 0 amide bonds. The third-order valence-corrected chi connectivity index (χ3v) is 6.73. The molecule has 136 valence electrons. The van der Waals surface area contributed by atoms with Gasteiger partial charge in [-0.1, -0.05) is 11.2 Å². The molecule has 1 aliphatic rings. The molecule has 1 aliphatic carbocycles. The summed E-state index contributed by atoms with van der Waals surface area (Å²) in [6.45, 7) is 3.47. The molecule has 24 heavy (non-hydrogen) atoms. The molecule has 0 aromatic heterocycles. The minimum atomic E-state index is -4.59. The summed E-state index contributed by atoms with van der Waals surface area (Å²) in [7, 11) is -2.88. The van der Waals surface area contributed by atoms with Crippen molar-refractivity contribution in [2.24, 2.45) is 11.1 Å². The maximum absolute atomic E-state index is 12.6. The normalized spacial score (nSPS) is 21.5. The smallest absolute Gasteiger partial charge is 0.390 e. The lowest BCUT2D eigenvalue weighted by Gasteiger charge is -2.36. The SMILES string of the molecule is C=CCC(C#N)(C1CCC(=NOC)CC1)S(=O)(=O)CCC(F)(F)F. The van der Waals surface area contributed by atoms with Gasteiger partial charge in [-0.25, -0.2) is 8.42 Å². The van der Waals surface area contributed by atoms with E-state index in [0.717, 1.165) is 5.71 Å². The van der Waals surface area contributed by atoms with Crippen LogP contribution in [-0.2, 0) is 14.7 Å². The highest BCUT2D eigenvalue weighted by molar-refractivity contribution is 7.93. The average molecular weight is 366 g/mol. The third kappa shape index (κ3) is 4.72. The molecule has 0 aliphatic heterocycles. The van der Waals surface area contributed by atoms with E-state index in [-0.39, 0.29) is 6.42 Å². The lowest BCUT2D eigenvalue weighted by atomic mass is 9.78. The van der Waals surface area contributed by atoms with Gasteiger partial charge >= 0.3 is 6.18 Å². The molecule has 0 heterocycles. The lowest BCUT2D eigenvalue weighted by molar-refractivity contribution is -0.130. The van der Waals surface area contributed by atoms with Gasteiger partial charge in [0.15, 0.2) is 14.6 Å². The van der Waals surface area contributed by atoms with E-state index in [4.69, 9.17) is 0 Å². The molecule has 0 radical (unpaired) electrons. The molecule has 0 bridgehead atoms. The van der Waals surface area contributed by atoms with Gasteiger partial charge in [0.2, 0.25) is 0 Å². The lowest BCUT2D eigenvalue weighted by Crippen LogP contribution is -2.47. The number of nitriles is 1. The number of oxime groups is 1. The molecule has 1 rings (SSSR count). The Morgan fingerprint density at radius 3 is 2.42 bits per heavy atom. The fraction of sp³-hybridized carbons (Fsp3) is 0.733. The van der Waals surface area contributed by atoms with Crippen LogP contribution in [0.25, 0.3) is 0 Å². The van der Waals surface area contributed by atoms with Gasteiger partial charge in [-0.05, 0) is 38.0 Å². The number of rotatable bonds is 7. The predicted molar refractivity (Wildman–Crippen MR) is 84.0 cm³/mol. The van der Waals surface area contributed by atoms with Gasteiger partial charge in [0.25, 0.3) is 0 Å². The first-order chi connectivity index (χ1) is 11.1. The van der Waals surface area contributed by atoms with Crippen LogP contribution in [0.5, 0.6) is 0 Å². The minimum absolute atomic E-state index is 0.189. The molecular weight excluding hydrogens is 345 g/mol. The second-order valence-electron chi connectivity index (χ2n) is 5.79. The van der Waals surface area contributed by atoms with Gasteiger partial charge in [0.1, 0.15) is 7.11 Å². The van der Waals surface area contributed by atoms with Crippen LogP contribution in [0.2, 0.25) is 0 Å². The zero-order valence-corrected chi connectivity index (χ0v) is 14.3. The molecule has 0 saturated heterocycles. The maximum Gasteiger partial charge on any atom is 0.390 e. The molecular formula is C15H21F3N2O3S. The highest BCUT2D eigenvalue weighted by Crippen LogP contribution is 2.41. The van der Waals surface area contributed by atoms with Crippen LogP contribution in [0.3, 0.4) is 0 Å². The largest absolute Gasteiger partial charge is 0.399 e. The Hall–Kier alpha value is -1.56. The van der Waals surface area contributed by atoms with Crippen LogP contribution < -0.4 is 0 Å². The molecule has 0 aromatic carbocycles. The Labute approximate surface area is 140 Å². The number of halogens is 3. The van der Waals surface area contributed by atoms with Crippen molar-refractivity contribution >= 4 is 15.5 Å². The van der Waals surface area contributed by atoms with Gasteiger partial charge in [-0.3, -0.25) is 0 Å². The van der Waals surface area contributed by atoms with Crippen LogP contribution in [0.1, 0.15) is 38.5 Å². The molecule has 1 unspecified atom stereocenters. The molecule has 1 saturated carbocycles. The topological polar surface area (TPSA) is 79.5 Å².